The van der Waals surface area contributed by atoms with Crippen molar-refractivity contribution in [2.75, 3.05) is 32.2 Å². The van der Waals surface area contributed by atoms with Crippen LogP contribution in [0.1, 0.15) is 5.56 Å². The van der Waals surface area contributed by atoms with Crippen molar-refractivity contribution in [1.29, 1.82) is 0 Å². The molecule has 1 N–H and O–H groups in total. The monoisotopic (exact) mass is 207 g/mol. The van der Waals surface area contributed by atoms with Crippen LogP contribution in [0.25, 0.3) is 0 Å². The van der Waals surface area contributed by atoms with Gasteiger partial charge in [-0.15, -0.1) is 0 Å². The van der Waals surface area contributed by atoms with Crippen LogP contribution in [0.3, 0.4) is 0 Å². The van der Waals surface area contributed by atoms with Crippen molar-refractivity contribution in [1.82, 2.24) is 0 Å². The fourth-order valence-corrected chi connectivity index (χ4v) is 1.83. The number of rotatable bonds is 4. The highest BCUT2D eigenvalue weighted by atomic mass is 16.5. The second-order valence-corrected chi connectivity index (χ2v) is 3.73. The molecular formula is C12H17NO2. The van der Waals surface area contributed by atoms with Crippen molar-refractivity contribution in [3.05, 3.63) is 29.8 Å². The van der Waals surface area contributed by atoms with Crippen molar-refractivity contribution in [2.45, 2.75) is 12.5 Å². The molecule has 2 rings (SSSR count). The first-order chi connectivity index (χ1) is 7.40. The molecule has 0 fully saturated rings. The highest BCUT2D eigenvalue weighted by Gasteiger charge is 2.17. The largest absolute Gasteiger partial charge is 0.382 e. The lowest BCUT2D eigenvalue weighted by molar-refractivity contribution is 0.0226. The van der Waals surface area contributed by atoms with E-state index in [1.54, 1.807) is 7.11 Å². The number of hydrogen-bond donors (Lipinski definition) is 1. The van der Waals surface area contributed by atoms with Gasteiger partial charge in [0.1, 0.15) is 0 Å². The van der Waals surface area contributed by atoms with Gasteiger partial charge in [0.2, 0.25) is 0 Å². The van der Waals surface area contributed by atoms with E-state index in [0.29, 0.717) is 13.2 Å². The van der Waals surface area contributed by atoms with E-state index >= 15 is 0 Å². The van der Waals surface area contributed by atoms with Gasteiger partial charge in [0.15, 0.2) is 0 Å². The van der Waals surface area contributed by atoms with Crippen LogP contribution in [0.15, 0.2) is 24.3 Å². The Balaban J connectivity index is 1.88. The summed E-state index contributed by atoms with van der Waals surface area (Å²) in [6.45, 7) is 2.23. The summed E-state index contributed by atoms with van der Waals surface area (Å²) in [5, 5.41) is 3.37. The molecule has 1 aromatic carbocycles. The van der Waals surface area contributed by atoms with Crippen LogP contribution in [0.4, 0.5) is 5.69 Å². The van der Waals surface area contributed by atoms with Crippen LogP contribution in [-0.4, -0.2) is 33.0 Å². The smallest absolute Gasteiger partial charge is 0.0789 e. The summed E-state index contributed by atoms with van der Waals surface area (Å²) in [4.78, 5) is 0. The standard InChI is InChI=1S/C12H17NO2/c1-14-6-7-15-11-8-10-4-2-3-5-12(10)13-9-11/h2-5,11,13H,6-9H2,1H3/t11-/m1/s1. The van der Waals surface area contributed by atoms with Gasteiger partial charge in [0.25, 0.3) is 0 Å². The molecule has 0 unspecified atom stereocenters. The maximum atomic E-state index is 5.69. The van der Waals surface area contributed by atoms with Crippen molar-refractivity contribution >= 4 is 5.69 Å². The molecule has 3 heteroatoms. The zero-order valence-electron chi connectivity index (χ0n) is 9.03. The molecule has 0 aliphatic carbocycles. The van der Waals surface area contributed by atoms with Gasteiger partial charge in [-0.1, -0.05) is 18.2 Å². The molecule has 1 aromatic rings. The van der Waals surface area contributed by atoms with Crippen LogP contribution in [0.2, 0.25) is 0 Å². The molecule has 0 saturated carbocycles. The molecule has 82 valence electrons. The van der Waals surface area contributed by atoms with E-state index < -0.39 is 0 Å². The van der Waals surface area contributed by atoms with Gasteiger partial charge >= 0.3 is 0 Å². The molecule has 1 heterocycles. The Labute approximate surface area is 90.4 Å². The minimum atomic E-state index is 0.273. The highest BCUT2D eigenvalue weighted by Crippen LogP contribution is 2.22. The third kappa shape index (κ3) is 2.70. The summed E-state index contributed by atoms with van der Waals surface area (Å²) < 4.78 is 10.6. The third-order valence-corrected chi connectivity index (χ3v) is 2.63. The van der Waals surface area contributed by atoms with E-state index in [0.717, 1.165) is 13.0 Å². The zero-order valence-corrected chi connectivity index (χ0v) is 9.03. The van der Waals surface area contributed by atoms with Gasteiger partial charge in [-0.05, 0) is 11.6 Å². The number of anilines is 1. The van der Waals surface area contributed by atoms with Crippen LogP contribution >= 0.6 is 0 Å². The lowest BCUT2D eigenvalue weighted by Crippen LogP contribution is -2.31. The second-order valence-electron chi connectivity index (χ2n) is 3.73. The van der Waals surface area contributed by atoms with Gasteiger partial charge in [-0.3, -0.25) is 0 Å². The number of hydrogen-bond acceptors (Lipinski definition) is 3. The van der Waals surface area contributed by atoms with E-state index in [9.17, 15) is 0 Å². The number of para-hydroxylation sites is 1. The molecule has 0 aromatic heterocycles. The van der Waals surface area contributed by atoms with E-state index in [4.69, 9.17) is 9.47 Å². The average Bonchev–Trinajstić information content (AvgIpc) is 2.29. The molecule has 0 bridgehead atoms. The Morgan fingerprint density at radius 2 is 2.20 bits per heavy atom. The van der Waals surface area contributed by atoms with Gasteiger partial charge in [0, 0.05) is 25.8 Å². The van der Waals surface area contributed by atoms with Gasteiger partial charge in [0.05, 0.1) is 19.3 Å². The fraction of sp³-hybridized carbons (Fsp3) is 0.500. The van der Waals surface area contributed by atoms with Gasteiger partial charge < -0.3 is 14.8 Å². The zero-order chi connectivity index (χ0) is 10.5. The van der Waals surface area contributed by atoms with E-state index in [1.807, 2.05) is 0 Å². The predicted molar refractivity (Wildman–Crippen MR) is 60.3 cm³/mol. The van der Waals surface area contributed by atoms with Crippen molar-refractivity contribution in [3.8, 4) is 0 Å². The Hall–Kier alpha value is -1.06. The van der Waals surface area contributed by atoms with E-state index in [2.05, 4.69) is 29.6 Å². The number of methoxy groups -OCH3 is 1. The first kappa shape index (κ1) is 10.5. The van der Waals surface area contributed by atoms with Crippen molar-refractivity contribution in [3.63, 3.8) is 0 Å². The Kier molecular flexibility index (Phi) is 3.59. The molecule has 0 amide bonds. The minimum Gasteiger partial charge on any atom is -0.382 e. The first-order valence-corrected chi connectivity index (χ1v) is 5.32. The molecule has 1 atom stereocenters. The SMILES string of the molecule is COCCO[C@H]1CNc2ccccc2C1. The molecule has 0 saturated heterocycles. The lowest BCUT2D eigenvalue weighted by Gasteiger charge is -2.26. The van der Waals surface area contributed by atoms with Crippen LogP contribution < -0.4 is 5.32 Å². The topological polar surface area (TPSA) is 30.5 Å². The average molecular weight is 207 g/mol. The van der Waals surface area contributed by atoms with E-state index in [1.165, 1.54) is 11.3 Å². The molecule has 1 aliphatic rings. The summed E-state index contributed by atoms with van der Waals surface area (Å²) >= 11 is 0. The Morgan fingerprint density at radius 3 is 3.07 bits per heavy atom. The molecule has 0 radical (unpaired) electrons. The number of nitrogens with one attached hydrogen (secondary N) is 1. The lowest BCUT2D eigenvalue weighted by atomic mass is 10.0. The normalized spacial score (nSPS) is 19.4. The first-order valence-electron chi connectivity index (χ1n) is 5.32. The summed E-state index contributed by atoms with van der Waals surface area (Å²) in [7, 11) is 1.69. The van der Waals surface area contributed by atoms with Crippen molar-refractivity contribution < 1.29 is 9.47 Å². The fourth-order valence-electron chi connectivity index (χ4n) is 1.83. The van der Waals surface area contributed by atoms with Crippen LogP contribution in [-0.2, 0) is 15.9 Å². The summed E-state index contributed by atoms with van der Waals surface area (Å²) in [6.07, 6.45) is 1.27. The van der Waals surface area contributed by atoms with Crippen molar-refractivity contribution in [2.24, 2.45) is 0 Å². The molecule has 0 spiro atoms. The number of benzene rings is 1. The quantitative estimate of drug-likeness (QED) is 0.762. The summed E-state index contributed by atoms with van der Waals surface area (Å²) in [5.41, 5.74) is 2.58. The maximum Gasteiger partial charge on any atom is 0.0789 e. The van der Waals surface area contributed by atoms with Gasteiger partial charge in [-0.25, -0.2) is 0 Å². The summed E-state index contributed by atoms with van der Waals surface area (Å²) in [5.74, 6) is 0. The van der Waals surface area contributed by atoms with Crippen LogP contribution in [0, 0.1) is 0 Å². The van der Waals surface area contributed by atoms with Gasteiger partial charge in [-0.2, -0.15) is 0 Å². The molecule has 3 nitrogen and oxygen atoms in total. The number of ether oxygens (including phenoxy) is 2. The Morgan fingerprint density at radius 1 is 1.33 bits per heavy atom. The highest BCUT2D eigenvalue weighted by molar-refractivity contribution is 5.53. The summed E-state index contributed by atoms with van der Waals surface area (Å²) in [6, 6.07) is 8.38. The Bertz CT molecular complexity index is 314. The molecule has 15 heavy (non-hydrogen) atoms. The molecular weight excluding hydrogens is 190 g/mol. The second kappa shape index (κ2) is 5.14. The number of fused-ring (bicyclic) bond motifs is 1. The maximum absolute atomic E-state index is 5.69. The minimum absolute atomic E-state index is 0.273. The third-order valence-electron chi connectivity index (χ3n) is 2.63. The predicted octanol–water partition coefficient (Wildman–Crippen LogP) is 1.69. The van der Waals surface area contributed by atoms with Crippen LogP contribution in [0.5, 0.6) is 0 Å². The molecule has 1 aliphatic heterocycles. The van der Waals surface area contributed by atoms with E-state index in [-0.39, 0.29) is 6.10 Å².